The van der Waals surface area contributed by atoms with Gasteiger partial charge in [0.25, 0.3) is 0 Å². The summed E-state index contributed by atoms with van der Waals surface area (Å²) < 4.78 is 1.22. The van der Waals surface area contributed by atoms with Gasteiger partial charge in [0.2, 0.25) is 0 Å². The van der Waals surface area contributed by atoms with Crippen LogP contribution < -0.4 is 5.73 Å². The lowest BCUT2D eigenvalue weighted by molar-refractivity contribution is -0.139. The SMILES string of the molecule is CCN(I)C(=O)C(N)=O. The Morgan fingerprint density at radius 1 is 1.67 bits per heavy atom. The number of nitrogens with zero attached hydrogens (tertiary/aromatic N) is 1. The Morgan fingerprint density at radius 2 is 2.11 bits per heavy atom. The molecule has 0 aromatic rings. The summed E-state index contributed by atoms with van der Waals surface area (Å²) in [5, 5.41) is 0. The van der Waals surface area contributed by atoms with Crippen LogP contribution in [0.15, 0.2) is 0 Å². The fourth-order valence-electron chi connectivity index (χ4n) is 0.263. The number of likely N-dealkylation sites (N-methyl/N-ethyl adjacent to an activating group) is 1. The van der Waals surface area contributed by atoms with Crippen LogP contribution in [0.25, 0.3) is 0 Å². The van der Waals surface area contributed by atoms with Gasteiger partial charge < -0.3 is 5.73 Å². The molecule has 0 aromatic carbocycles. The number of rotatable bonds is 1. The van der Waals surface area contributed by atoms with Crippen LogP contribution in [0.3, 0.4) is 0 Å². The Hall–Kier alpha value is -0.330. The molecule has 0 spiro atoms. The fraction of sp³-hybridized carbons (Fsp3) is 0.500. The van der Waals surface area contributed by atoms with Crippen LogP contribution >= 0.6 is 22.9 Å². The maximum absolute atomic E-state index is 10.5. The molecule has 0 rings (SSSR count). The van der Waals surface area contributed by atoms with Crippen molar-refractivity contribution >= 4 is 34.7 Å². The highest BCUT2D eigenvalue weighted by atomic mass is 127. The van der Waals surface area contributed by atoms with Gasteiger partial charge in [0.1, 0.15) is 0 Å². The highest BCUT2D eigenvalue weighted by Crippen LogP contribution is 1.96. The monoisotopic (exact) mass is 242 g/mol. The summed E-state index contributed by atoms with van der Waals surface area (Å²) >= 11 is 1.73. The number of nitrogens with two attached hydrogens (primary N) is 1. The van der Waals surface area contributed by atoms with Crippen LogP contribution in [-0.2, 0) is 9.59 Å². The molecule has 0 saturated carbocycles. The van der Waals surface area contributed by atoms with Crippen molar-refractivity contribution < 1.29 is 9.59 Å². The second-order valence-electron chi connectivity index (χ2n) is 1.35. The summed E-state index contributed by atoms with van der Waals surface area (Å²) in [7, 11) is 0. The van der Waals surface area contributed by atoms with Crippen molar-refractivity contribution in [2.75, 3.05) is 6.54 Å². The van der Waals surface area contributed by atoms with Crippen molar-refractivity contribution in [3.8, 4) is 0 Å². The summed E-state index contributed by atoms with van der Waals surface area (Å²) in [4.78, 5) is 20.6. The molecule has 0 unspecified atom stereocenters. The lowest BCUT2D eigenvalue weighted by atomic mass is 10.5. The summed E-state index contributed by atoms with van der Waals surface area (Å²) in [6.45, 7) is 2.25. The highest BCUT2D eigenvalue weighted by Gasteiger charge is 2.13. The van der Waals surface area contributed by atoms with Crippen molar-refractivity contribution in [2.45, 2.75) is 6.92 Å². The van der Waals surface area contributed by atoms with E-state index in [9.17, 15) is 9.59 Å². The second-order valence-corrected chi connectivity index (χ2v) is 2.51. The molecule has 0 aliphatic carbocycles. The molecule has 2 N–H and O–H groups in total. The van der Waals surface area contributed by atoms with E-state index in [0.29, 0.717) is 6.54 Å². The number of hydrogen-bond acceptors (Lipinski definition) is 2. The Bertz CT molecular complexity index is 137. The summed E-state index contributed by atoms with van der Waals surface area (Å²) in [5.74, 6) is -1.57. The predicted octanol–water partition coefficient (Wildman–Crippen LogP) is -0.330. The van der Waals surface area contributed by atoms with Gasteiger partial charge in [-0.15, -0.1) is 0 Å². The molecular formula is C4H7IN2O2. The molecule has 52 valence electrons. The first-order chi connectivity index (χ1) is 4.09. The van der Waals surface area contributed by atoms with E-state index in [1.807, 2.05) is 0 Å². The average molecular weight is 242 g/mol. The third-order valence-electron chi connectivity index (χ3n) is 0.709. The number of carbonyl (C=O) groups excluding carboxylic acids is 2. The zero-order valence-corrected chi connectivity index (χ0v) is 7.08. The third kappa shape index (κ3) is 2.64. The van der Waals surface area contributed by atoms with Crippen molar-refractivity contribution in [3.05, 3.63) is 0 Å². The van der Waals surface area contributed by atoms with E-state index in [2.05, 4.69) is 5.73 Å². The topological polar surface area (TPSA) is 63.4 Å². The fourth-order valence-corrected chi connectivity index (χ4v) is 0.501. The first-order valence-electron chi connectivity index (χ1n) is 2.36. The van der Waals surface area contributed by atoms with E-state index in [4.69, 9.17) is 0 Å². The van der Waals surface area contributed by atoms with Gasteiger partial charge in [-0.1, -0.05) is 0 Å². The molecule has 5 heteroatoms. The molecule has 0 aliphatic heterocycles. The molecule has 0 fully saturated rings. The third-order valence-corrected chi connectivity index (χ3v) is 1.83. The maximum atomic E-state index is 10.5. The van der Waals surface area contributed by atoms with Gasteiger partial charge in [-0.3, -0.25) is 12.7 Å². The molecule has 0 aliphatic rings. The Balaban J connectivity index is 3.88. The van der Waals surface area contributed by atoms with Gasteiger partial charge >= 0.3 is 11.8 Å². The zero-order chi connectivity index (χ0) is 7.44. The van der Waals surface area contributed by atoms with Gasteiger partial charge in [-0.2, -0.15) is 0 Å². The number of amides is 2. The molecule has 0 atom stereocenters. The molecule has 9 heavy (non-hydrogen) atoms. The summed E-state index contributed by atoms with van der Waals surface area (Å²) in [6.07, 6.45) is 0. The van der Waals surface area contributed by atoms with Gasteiger partial charge in [0, 0.05) is 6.54 Å². The zero-order valence-electron chi connectivity index (χ0n) is 4.93. The number of carbonyl (C=O) groups is 2. The summed E-state index contributed by atoms with van der Waals surface area (Å²) in [5.41, 5.74) is 4.68. The molecule has 4 nitrogen and oxygen atoms in total. The van der Waals surface area contributed by atoms with Crippen LogP contribution in [0.1, 0.15) is 6.92 Å². The minimum absolute atomic E-state index is 0.488. The lowest BCUT2D eigenvalue weighted by Gasteiger charge is -2.06. The van der Waals surface area contributed by atoms with E-state index >= 15 is 0 Å². The molecule has 0 heterocycles. The molecule has 0 bridgehead atoms. The minimum atomic E-state index is -0.911. The molecule has 0 aromatic heterocycles. The van der Waals surface area contributed by atoms with E-state index in [1.54, 1.807) is 29.8 Å². The van der Waals surface area contributed by atoms with Gasteiger partial charge in [0.15, 0.2) is 0 Å². The van der Waals surface area contributed by atoms with Crippen LogP contribution in [-0.4, -0.2) is 21.5 Å². The quantitative estimate of drug-likeness (QED) is 0.388. The van der Waals surface area contributed by atoms with E-state index in [1.165, 1.54) is 3.11 Å². The first kappa shape index (κ1) is 8.67. The van der Waals surface area contributed by atoms with Gasteiger partial charge in [-0.25, -0.2) is 0 Å². The summed E-state index contributed by atoms with van der Waals surface area (Å²) in [6, 6.07) is 0. The molecule has 0 saturated heterocycles. The largest absolute Gasteiger partial charge is 0.361 e. The number of primary amides is 1. The Kier molecular flexibility index (Phi) is 3.52. The highest BCUT2D eigenvalue weighted by molar-refractivity contribution is 14.1. The minimum Gasteiger partial charge on any atom is -0.361 e. The Morgan fingerprint density at radius 3 is 2.22 bits per heavy atom. The average Bonchev–Trinajstić information content (AvgIpc) is 1.84. The van der Waals surface area contributed by atoms with Gasteiger partial charge in [0.05, 0.1) is 22.9 Å². The first-order valence-corrected chi connectivity index (χ1v) is 3.33. The standard InChI is InChI=1S/C4H7IN2O2/c1-2-7(5)4(9)3(6)8/h2H2,1H3,(H2,6,8). The molecule has 0 radical (unpaired) electrons. The van der Waals surface area contributed by atoms with Gasteiger partial charge in [-0.05, 0) is 6.92 Å². The van der Waals surface area contributed by atoms with Crippen LogP contribution in [0.5, 0.6) is 0 Å². The molecule has 2 amide bonds. The van der Waals surface area contributed by atoms with Crippen LogP contribution in [0, 0.1) is 0 Å². The van der Waals surface area contributed by atoms with Crippen molar-refractivity contribution in [1.29, 1.82) is 0 Å². The van der Waals surface area contributed by atoms with Crippen LogP contribution in [0.2, 0.25) is 0 Å². The smallest absolute Gasteiger partial charge is 0.320 e. The normalized spacial score (nSPS) is 8.67. The predicted molar refractivity (Wildman–Crippen MR) is 40.6 cm³/mol. The van der Waals surface area contributed by atoms with Crippen molar-refractivity contribution in [2.24, 2.45) is 5.73 Å². The van der Waals surface area contributed by atoms with Crippen molar-refractivity contribution in [3.63, 3.8) is 0 Å². The second kappa shape index (κ2) is 3.65. The lowest BCUT2D eigenvalue weighted by Crippen LogP contribution is -2.33. The Labute approximate surface area is 66.9 Å². The van der Waals surface area contributed by atoms with E-state index in [-0.39, 0.29) is 0 Å². The maximum Gasteiger partial charge on any atom is 0.320 e. The number of hydrogen-bond donors (Lipinski definition) is 1. The van der Waals surface area contributed by atoms with E-state index in [0.717, 1.165) is 0 Å². The van der Waals surface area contributed by atoms with E-state index < -0.39 is 11.8 Å². The number of halogens is 1. The van der Waals surface area contributed by atoms with Crippen molar-refractivity contribution in [1.82, 2.24) is 3.11 Å². The molecular weight excluding hydrogens is 235 g/mol. The van der Waals surface area contributed by atoms with Crippen LogP contribution in [0.4, 0.5) is 0 Å².